The zero-order valence-electron chi connectivity index (χ0n) is 11.1. The Morgan fingerprint density at radius 1 is 1.22 bits per heavy atom. The minimum absolute atomic E-state index is 0.415. The van der Waals surface area contributed by atoms with Crippen LogP contribution in [0.2, 0.25) is 0 Å². The van der Waals surface area contributed by atoms with E-state index in [4.69, 9.17) is 4.74 Å². The maximum atomic E-state index is 5.46. The van der Waals surface area contributed by atoms with Crippen molar-refractivity contribution in [2.45, 2.75) is 27.2 Å². The van der Waals surface area contributed by atoms with Crippen LogP contribution in [0.3, 0.4) is 0 Å². The van der Waals surface area contributed by atoms with Gasteiger partial charge in [-0.3, -0.25) is 5.10 Å². The molecule has 1 aromatic carbocycles. The minimum atomic E-state index is 0.415. The molecular formula is C14H19N3O. The summed E-state index contributed by atoms with van der Waals surface area (Å²) in [5.41, 5.74) is 2.34. The van der Waals surface area contributed by atoms with Crippen LogP contribution in [-0.4, -0.2) is 21.8 Å². The molecule has 2 rings (SSSR count). The van der Waals surface area contributed by atoms with Gasteiger partial charge in [0.25, 0.3) is 0 Å². The molecule has 1 aromatic heterocycles. The molecule has 18 heavy (non-hydrogen) atoms. The van der Waals surface area contributed by atoms with Crippen LogP contribution in [0.25, 0.3) is 11.4 Å². The zero-order valence-corrected chi connectivity index (χ0v) is 11.1. The summed E-state index contributed by atoms with van der Waals surface area (Å²) in [6.07, 6.45) is 1.04. The summed E-state index contributed by atoms with van der Waals surface area (Å²) in [5.74, 6) is 1.21. The Kier molecular flexibility index (Phi) is 3.97. The maximum Gasteiger partial charge on any atom is 0.335 e. The number of ether oxygens (including phenoxy) is 1. The molecule has 0 saturated carbocycles. The molecule has 0 aliphatic heterocycles. The van der Waals surface area contributed by atoms with E-state index in [1.165, 1.54) is 5.56 Å². The predicted octanol–water partition coefficient (Wildman–Crippen LogP) is 3.07. The van der Waals surface area contributed by atoms with Crippen molar-refractivity contribution in [2.24, 2.45) is 5.92 Å². The van der Waals surface area contributed by atoms with Gasteiger partial charge in [0.15, 0.2) is 5.82 Å². The van der Waals surface area contributed by atoms with Gasteiger partial charge < -0.3 is 4.74 Å². The van der Waals surface area contributed by atoms with Gasteiger partial charge in [0.05, 0.1) is 6.61 Å². The van der Waals surface area contributed by atoms with Gasteiger partial charge in [-0.2, -0.15) is 4.98 Å². The quantitative estimate of drug-likeness (QED) is 0.880. The van der Waals surface area contributed by atoms with E-state index in [0.29, 0.717) is 18.5 Å². The SMILES string of the molecule is CCc1ccc(-c2nc(OCC(C)C)n[nH]2)cc1. The summed E-state index contributed by atoms with van der Waals surface area (Å²) in [6, 6.07) is 8.72. The van der Waals surface area contributed by atoms with Crippen LogP contribution >= 0.6 is 0 Å². The molecule has 0 unspecified atom stereocenters. The molecule has 0 atom stereocenters. The molecule has 0 aliphatic rings. The minimum Gasteiger partial charge on any atom is -0.462 e. The highest BCUT2D eigenvalue weighted by molar-refractivity contribution is 5.55. The Labute approximate surface area is 107 Å². The van der Waals surface area contributed by atoms with Crippen molar-refractivity contribution < 1.29 is 4.74 Å². The van der Waals surface area contributed by atoms with E-state index in [-0.39, 0.29) is 0 Å². The third-order valence-electron chi connectivity index (χ3n) is 2.65. The summed E-state index contributed by atoms with van der Waals surface area (Å²) < 4.78 is 5.46. The highest BCUT2D eigenvalue weighted by atomic mass is 16.5. The maximum absolute atomic E-state index is 5.46. The van der Waals surface area contributed by atoms with Gasteiger partial charge in [-0.1, -0.05) is 45.0 Å². The van der Waals surface area contributed by atoms with Crippen LogP contribution in [0.4, 0.5) is 0 Å². The number of aromatic amines is 1. The topological polar surface area (TPSA) is 50.8 Å². The van der Waals surface area contributed by atoms with E-state index in [2.05, 4.69) is 48.1 Å². The second-order valence-corrected chi connectivity index (χ2v) is 4.72. The fourth-order valence-corrected chi connectivity index (χ4v) is 1.58. The normalized spacial score (nSPS) is 10.9. The van der Waals surface area contributed by atoms with E-state index >= 15 is 0 Å². The fraction of sp³-hybridized carbons (Fsp3) is 0.429. The zero-order chi connectivity index (χ0) is 13.0. The van der Waals surface area contributed by atoms with Crippen molar-refractivity contribution in [1.82, 2.24) is 15.2 Å². The number of nitrogens with zero attached hydrogens (tertiary/aromatic N) is 2. The van der Waals surface area contributed by atoms with E-state index in [1.807, 2.05) is 12.1 Å². The molecule has 0 fully saturated rings. The van der Waals surface area contributed by atoms with Crippen molar-refractivity contribution in [3.63, 3.8) is 0 Å². The average Bonchev–Trinajstić information content (AvgIpc) is 2.85. The van der Waals surface area contributed by atoms with Gasteiger partial charge in [0.2, 0.25) is 0 Å². The summed E-state index contributed by atoms with van der Waals surface area (Å²) >= 11 is 0. The molecule has 0 saturated heterocycles. The van der Waals surface area contributed by atoms with E-state index in [0.717, 1.165) is 17.8 Å². The molecule has 1 heterocycles. The lowest BCUT2D eigenvalue weighted by molar-refractivity contribution is 0.252. The van der Waals surface area contributed by atoms with Crippen molar-refractivity contribution in [3.8, 4) is 17.4 Å². The molecule has 4 heteroatoms. The summed E-state index contributed by atoms with van der Waals surface area (Å²) in [4.78, 5) is 4.32. The van der Waals surface area contributed by atoms with E-state index < -0.39 is 0 Å². The fourth-order valence-electron chi connectivity index (χ4n) is 1.58. The molecule has 1 N–H and O–H groups in total. The van der Waals surface area contributed by atoms with Gasteiger partial charge in [0.1, 0.15) is 0 Å². The molecule has 4 nitrogen and oxygen atoms in total. The number of H-pyrrole nitrogens is 1. The molecular weight excluding hydrogens is 226 g/mol. The van der Waals surface area contributed by atoms with Crippen LogP contribution in [0.5, 0.6) is 6.01 Å². The monoisotopic (exact) mass is 245 g/mol. The Morgan fingerprint density at radius 2 is 1.94 bits per heavy atom. The Bertz CT molecular complexity index is 488. The first-order chi connectivity index (χ1) is 8.69. The van der Waals surface area contributed by atoms with Crippen molar-refractivity contribution in [3.05, 3.63) is 29.8 Å². The van der Waals surface area contributed by atoms with Gasteiger partial charge in [0, 0.05) is 5.56 Å². The first kappa shape index (κ1) is 12.6. The van der Waals surface area contributed by atoms with Crippen LogP contribution in [-0.2, 0) is 6.42 Å². The van der Waals surface area contributed by atoms with E-state index in [9.17, 15) is 0 Å². The summed E-state index contributed by atoms with van der Waals surface area (Å²) in [5, 5.41) is 6.95. The lowest BCUT2D eigenvalue weighted by atomic mass is 10.1. The third-order valence-corrected chi connectivity index (χ3v) is 2.65. The largest absolute Gasteiger partial charge is 0.462 e. The lowest BCUT2D eigenvalue weighted by Gasteiger charge is -2.03. The second-order valence-electron chi connectivity index (χ2n) is 4.72. The van der Waals surface area contributed by atoms with Crippen molar-refractivity contribution >= 4 is 0 Å². The highest BCUT2D eigenvalue weighted by Gasteiger charge is 2.07. The van der Waals surface area contributed by atoms with Gasteiger partial charge >= 0.3 is 6.01 Å². The molecule has 0 radical (unpaired) electrons. The molecule has 2 aromatic rings. The third kappa shape index (κ3) is 3.09. The summed E-state index contributed by atoms with van der Waals surface area (Å²) in [7, 11) is 0. The van der Waals surface area contributed by atoms with Crippen LogP contribution in [0.1, 0.15) is 26.3 Å². The number of rotatable bonds is 5. The molecule has 0 spiro atoms. The Balaban J connectivity index is 2.08. The lowest BCUT2D eigenvalue weighted by Crippen LogP contribution is -2.05. The number of aryl methyl sites for hydroxylation is 1. The van der Waals surface area contributed by atoms with Gasteiger partial charge in [-0.25, -0.2) is 0 Å². The Hall–Kier alpha value is -1.84. The standard InChI is InChI=1S/C14H19N3O/c1-4-11-5-7-12(8-6-11)13-15-14(17-16-13)18-9-10(2)3/h5-8,10H,4,9H2,1-3H3,(H,15,16,17). The number of hydrogen-bond donors (Lipinski definition) is 1. The first-order valence-electron chi connectivity index (χ1n) is 6.33. The number of aromatic nitrogens is 3. The molecule has 0 aliphatic carbocycles. The average molecular weight is 245 g/mol. The van der Waals surface area contributed by atoms with E-state index in [1.54, 1.807) is 0 Å². The second kappa shape index (κ2) is 5.67. The summed E-state index contributed by atoms with van der Waals surface area (Å²) in [6.45, 7) is 6.96. The predicted molar refractivity (Wildman–Crippen MR) is 71.5 cm³/mol. The number of benzene rings is 1. The highest BCUT2D eigenvalue weighted by Crippen LogP contribution is 2.17. The molecule has 96 valence electrons. The number of hydrogen-bond acceptors (Lipinski definition) is 3. The Morgan fingerprint density at radius 3 is 2.56 bits per heavy atom. The molecule has 0 bridgehead atoms. The van der Waals surface area contributed by atoms with Gasteiger partial charge in [-0.15, -0.1) is 5.10 Å². The van der Waals surface area contributed by atoms with Crippen LogP contribution in [0.15, 0.2) is 24.3 Å². The van der Waals surface area contributed by atoms with Gasteiger partial charge in [-0.05, 0) is 17.9 Å². The molecule has 0 amide bonds. The van der Waals surface area contributed by atoms with Crippen LogP contribution < -0.4 is 4.74 Å². The smallest absolute Gasteiger partial charge is 0.335 e. The number of nitrogens with one attached hydrogen (secondary N) is 1. The first-order valence-corrected chi connectivity index (χ1v) is 6.33. The van der Waals surface area contributed by atoms with Crippen molar-refractivity contribution in [2.75, 3.05) is 6.61 Å². The van der Waals surface area contributed by atoms with Crippen LogP contribution in [0, 0.1) is 5.92 Å². The van der Waals surface area contributed by atoms with Crippen molar-refractivity contribution in [1.29, 1.82) is 0 Å².